The fraction of sp³-hybridized carbons (Fsp3) is 0.333. The Labute approximate surface area is 260 Å². The van der Waals surface area contributed by atoms with E-state index in [0.717, 1.165) is 88.5 Å². The Hall–Kier alpha value is -4.72. The van der Waals surface area contributed by atoms with E-state index in [2.05, 4.69) is 0 Å². The van der Waals surface area contributed by atoms with Gasteiger partial charge in [-0.2, -0.15) is 0 Å². The van der Waals surface area contributed by atoms with Crippen LogP contribution in [-0.4, -0.2) is 48.9 Å². The van der Waals surface area contributed by atoms with Crippen LogP contribution >= 0.6 is 0 Å². The molecule has 0 aliphatic rings. The summed E-state index contributed by atoms with van der Waals surface area (Å²) in [5.41, 5.74) is 5.81. The lowest BCUT2D eigenvalue weighted by atomic mass is 10.0. The first-order valence-corrected chi connectivity index (χ1v) is 14.6. The van der Waals surface area contributed by atoms with E-state index in [1.807, 2.05) is 38.1 Å². The van der Waals surface area contributed by atoms with Crippen molar-refractivity contribution in [3.63, 3.8) is 0 Å². The van der Waals surface area contributed by atoms with E-state index < -0.39 is 0 Å². The van der Waals surface area contributed by atoms with Crippen LogP contribution in [0.1, 0.15) is 46.2 Å². The first-order chi connectivity index (χ1) is 21.1. The average Bonchev–Trinajstić information content (AvgIpc) is 3.00. The van der Waals surface area contributed by atoms with Crippen molar-refractivity contribution in [1.82, 2.24) is 0 Å². The number of methoxy groups -OCH3 is 4. The molecule has 0 aromatic heterocycles. The summed E-state index contributed by atoms with van der Waals surface area (Å²) in [6.45, 7) is 3.95. The minimum atomic E-state index is 0.0775. The zero-order valence-electron chi connectivity index (χ0n) is 26.4. The zero-order chi connectivity index (χ0) is 32.2. The van der Waals surface area contributed by atoms with Crippen LogP contribution in [0.2, 0.25) is 0 Å². The van der Waals surface area contributed by atoms with Crippen LogP contribution in [0, 0.1) is 13.8 Å². The highest BCUT2D eigenvalue weighted by Gasteiger charge is 2.13. The molecule has 8 nitrogen and oxygen atoms in total. The number of hydrogen-bond donors (Lipinski definition) is 4. The van der Waals surface area contributed by atoms with Gasteiger partial charge in [-0.25, -0.2) is 0 Å². The molecular formula is C36H44O8. The average molecular weight is 605 g/mol. The summed E-state index contributed by atoms with van der Waals surface area (Å²) in [7, 11) is 6.62. The van der Waals surface area contributed by atoms with Gasteiger partial charge in [-0.15, -0.1) is 0 Å². The Morgan fingerprint density at radius 3 is 1.36 bits per heavy atom. The summed E-state index contributed by atoms with van der Waals surface area (Å²) >= 11 is 0. The third kappa shape index (κ3) is 8.66. The maximum absolute atomic E-state index is 9.80. The third-order valence-corrected chi connectivity index (χ3v) is 7.64. The lowest BCUT2D eigenvalue weighted by Gasteiger charge is -2.14. The fourth-order valence-corrected chi connectivity index (χ4v) is 5.34. The van der Waals surface area contributed by atoms with Gasteiger partial charge < -0.3 is 39.4 Å². The molecule has 0 heterocycles. The quantitative estimate of drug-likeness (QED) is 0.126. The second-order valence-electron chi connectivity index (χ2n) is 10.5. The van der Waals surface area contributed by atoms with Gasteiger partial charge in [0.2, 0.25) is 0 Å². The minimum absolute atomic E-state index is 0.0775. The number of ether oxygens (including phenoxy) is 4. The zero-order valence-corrected chi connectivity index (χ0v) is 26.4. The molecule has 0 radical (unpaired) electrons. The summed E-state index contributed by atoms with van der Waals surface area (Å²) in [4.78, 5) is 0. The summed E-state index contributed by atoms with van der Waals surface area (Å²) in [6.07, 6.45) is 4.81. The van der Waals surface area contributed by atoms with E-state index >= 15 is 0 Å². The summed E-state index contributed by atoms with van der Waals surface area (Å²) in [6, 6.07) is 17.2. The number of rotatable bonds is 12. The Morgan fingerprint density at radius 1 is 0.455 bits per heavy atom. The largest absolute Gasteiger partial charge is 0.508 e. The van der Waals surface area contributed by atoms with E-state index in [4.69, 9.17) is 18.9 Å². The summed E-state index contributed by atoms with van der Waals surface area (Å²) in [5.74, 6) is 3.93. The van der Waals surface area contributed by atoms with Crippen LogP contribution in [-0.2, 0) is 25.7 Å². The molecule has 0 bridgehead atoms. The van der Waals surface area contributed by atoms with E-state index in [9.17, 15) is 20.4 Å². The molecule has 8 heteroatoms. The Kier molecular flexibility index (Phi) is 12.4. The van der Waals surface area contributed by atoms with Crippen molar-refractivity contribution >= 4 is 0 Å². The van der Waals surface area contributed by atoms with Crippen molar-refractivity contribution in [2.75, 3.05) is 28.4 Å². The molecule has 0 spiro atoms. The molecule has 4 aromatic rings. The third-order valence-electron chi connectivity index (χ3n) is 7.64. The number of aryl methyl sites for hydroxylation is 4. The molecule has 236 valence electrons. The van der Waals surface area contributed by atoms with Gasteiger partial charge in [0.05, 0.1) is 28.4 Å². The normalized spacial score (nSPS) is 10.5. The molecule has 0 aliphatic heterocycles. The van der Waals surface area contributed by atoms with Gasteiger partial charge in [-0.1, -0.05) is 18.2 Å². The number of benzene rings is 4. The molecule has 0 amide bonds. The number of phenols is 4. The van der Waals surface area contributed by atoms with Crippen LogP contribution in [0.15, 0.2) is 60.7 Å². The Balaban J connectivity index is 0.000000240. The molecule has 44 heavy (non-hydrogen) atoms. The standard InChI is InChI=1S/2C18H22O4/c1-12-17(21-2)10-7-13(18(12)22-3)5-4-6-14-11-15(19)8-9-16(14)20;1-12-17(21-2)10-8-14(18(12)22-3)6-4-5-13-7-9-15(19)11-16(13)20/h2*7-11,19-20H,4-6H2,1-3H3. The van der Waals surface area contributed by atoms with Gasteiger partial charge in [0.15, 0.2) is 0 Å². The lowest BCUT2D eigenvalue weighted by molar-refractivity contribution is 0.385. The van der Waals surface area contributed by atoms with Crippen molar-refractivity contribution in [2.24, 2.45) is 0 Å². The maximum Gasteiger partial charge on any atom is 0.128 e. The maximum atomic E-state index is 9.80. The monoisotopic (exact) mass is 604 g/mol. The van der Waals surface area contributed by atoms with Crippen molar-refractivity contribution in [1.29, 1.82) is 0 Å². The van der Waals surface area contributed by atoms with Gasteiger partial charge in [0.25, 0.3) is 0 Å². The number of phenolic OH excluding ortho intramolecular Hbond substituents is 4. The van der Waals surface area contributed by atoms with Gasteiger partial charge in [-0.3, -0.25) is 0 Å². The van der Waals surface area contributed by atoms with Crippen molar-refractivity contribution in [3.05, 3.63) is 94.0 Å². The van der Waals surface area contributed by atoms with E-state index in [0.29, 0.717) is 6.42 Å². The molecule has 4 N–H and O–H groups in total. The number of hydrogen-bond acceptors (Lipinski definition) is 8. The molecule has 0 unspecified atom stereocenters. The predicted octanol–water partition coefficient (Wildman–Crippen LogP) is 7.20. The molecule has 4 rings (SSSR count). The fourth-order valence-electron chi connectivity index (χ4n) is 5.34. The van der Waals surface area contributed by atoms with Crippen molar-refractivity contribution in [2.45, 2.75) is 52.4 Å². The minimum Gasteiger partial charge on any atom is -0.508 e. The lowest BCUT2D eigenvalue weighted by Crippen LogP contribution is -1.99. The van der Waals surface area contributed by atoms with Crippen LogP contribution in [0.4, 0.5) is 0 Å². The van der Waals surface area contributed by atoms with Crippen molar-refractivity contribution in [3.8, 4) is 46.0 Å². The van der Waals surface area contributed by atoms with Crippen LogP contribution in [0.5, 0.6) is 46.0 Å². The second-order valence-corrected chi connectivity index (χ2v) is 10.5. The molecule has 0 saturated carbocycles. The summed E-state index contributed by atoms with van der Waals surface area (Å²) < 4.78 is 21.6. The highest BCUT2D eigenvalue weighted by atomic mass is 16.5. The molecule has 4 aromatic carbocycles. The van der Waals surface area contributed by atoms with Gasteiger partial charge in [-0.05, 0) is 111 Å². The highest BCUT2D eigenvalue weighted by molar-refractivity contribution is 5.50. The predicted molar refractivity (Wildman–Crippen MR) is 172 cm³/mol. The Bertz CT molecular complexity index is 1530. The van der Waals surface area contributed by atoms with Gasteiger partial charge in [0.1, 0.15) is 46.0 Å². The number of aromatic hydroxyl groups is 4. The topological polar surface area (TPSA) is 118 Å². The smallest absolute Gasteiger partial charge is 0.128 e. The van der Waals surface area contributed by atoms with Gasteiger partial charge >= 0.3 is 0 Å². The second kappa shape index (κ2) is 16.2. The van der Waals surface area contributed by atoms with Crippen molar-refractivity contribution < 1.29 is 39.4 Å². The SMILES string of the molecule is COc1ccc(CCCc2cc(O)ccc2O)c(OC)c1C.COc1ccc(CCCc2ccc(O)cc2O)c(OC)c1C. The molecule has 0 saturated heterocycles. The molecule has 0 fully saturated rings. The highest BCUT2D eigenvalue weighted by Crippen LogP contribution is 2.34. The van der Waals surface area contributed by atoms with Crippen LogP contribution < -0.4 is 18.9 Å². The van der Waals surface area contributed by atoms with E-state index in [1.165, 1.54) is 18.2 Å². The van der Waals surface area contributed by atoms with Gasteiger partial charge in [0, 0.05) is 17.2 Å². The van der Waals surface area contributed by atoms with Crippen LogP contribution in [0.25, 0.3) is 0 Å². The van der Waals surface area contributed by atoms with E-state index in [-0.39, 0.29) is 23.0 Å². The van der Waals surface area contributed by atoms with Crippen LogP contribution in [0.3, 0.4) is 0 Å². The first kappa shape index (κ1) is 33.8. The summed E-state index contributed by atoms with van der Waals surface area (Å²) in [5, 5.41) is 38.4. The van der Waals surface area contributed by atoms with E-state index in [1.54, 1.807) is 46.6 Å². The molecular weight excluding hydrogens is 560 g/mol. The molecule has 0 atom stereocenters. The Morgan fingerprint density at radius 2 is 0.886 bits per heavy atom. The molecule has 0 aliphatic carbocycles. The first-order valence-electron chi connectivity index (χ1n) is 14.6.